The number of hydrogen-bond donors (Lipinski definition) is 2. The lowest BCUT2D eigenvalue weighted by Gasteiger charge is -2.43. The summed E-state index contributed by atoms with van der Waals surface area (Å²) in [4.78, 5) is 57.4. The van der Waals surface area contributed by atoms with Crippen LogP contribution in [0.25, 0.3) is 0 Å². The monoisotopic (exact) mass is 711 g/mol. The van der Waals surface area contributed by atoms with Gasteiger partial charge in [0.25, 0.3) is 5.91 Å². The molecule has 2 saturated carbocycles. The number of thioether (sulfide) groups is 1. The van der Waals surface area contributed by atoms with Crippen molar-refractivity contribution in [3.05, 3.63) is 103 Å². The lowest BCUT2D eigenvalue weighted by molar-refractivity contribution is -0.137. The predicted octanol–water partition coefficient (Wildman–Crippen LogP) is 6.80. The second-order valence-corrected chi connectivity index (χ2v) is 15.0. The number of nitrogens with one attached hydrogen (secondary N) is 2. The molecule has 4 aromatic rings. The van der Waals surface area contributed by atoms with Gasteiger partial charge in [-0.2, -0.15) is 13.2 Å². The van der Waals surface area contributed by atoms with Gasteiger partial charge < -0.3 is 15.0 Å². The summed E-state index contributed by atoms with van der Waals surface area (Å²) in [6, 6.07) is 18.6. The number of benzene rings is 3. The molecule has 2 bridgehead atoms. The maximum Gasteiger partial charge on any atom is 0.418 e. The van der Waals surface area contributed by atoms with E-state index in [1.165, 1.54) is 30.0 Å². The van der Waals surface area contributed by atoms with Crippen molar-refractivity contribution in [1.29, 1.82) is 0 Å². The van der Waals surface area contributed by atoms with Gasteiger partial charge in [0, 0.05) is 26.8 Å². The van der Waals surface area contributed by atoms with Gasteiger partial charge in [-0.25, -0.2) is 4.90 Å². The van der Waals surface area contributed by atoms with Crippen LogP contribution in [0.3, 0.4) is 0 Å². The van der Waals surface area contributed by atoms with Crippen molar-refractivity contribution in [2.75, 3.05) is 16.8 Å². The number of ether oxygens (including phenoxy) is 1. The van der Waals surface area contributed by atoms with Gasteiger partial charge in [-0.1, -0.05) is 47.2 Å². The number of carbonyl (C=O) groups excluding carboxylic acids is 3. The molecule has 3 amide bonds. The van der Waals surface area contributed by atoms with Gasteiger partial charge in [0.05, 0.1) is 28.1 Å². The van der Waals surface area contributed by atoms with Gasteiger partial charge in [0.15, 0.2) is 6.61 Å². The summed E-state index contributed by atoms with van der Waals surface area (Å²) in [5.74, 6) is -3.69. The van der Waals surface area contributed by atoms with Crippen LogP contribution in [0, 0.1) is 29.6 Å². The van der Waals surface area contributed by atoms with Crippen LogP contribution in [0.15, 0.2) is 82.6 Å². The first-order valence-electron chi connectivity index (χ1n) is 15.2. The molecule has 2 aliphatic carbocycles. The van der Waals surface area contributed by atoms with E-state index in [1.54, 1.807) is 36.4 Å². The number of H-pyrrole nitrogens is 1. The largest absolute Gasteiger partial charge is 0.484 e. The number of nitrogens with zero attached hydrogens (tertiary/aromatic N) is 1. The number of halogens is 4. The standard InChI is InChI=1S/C34H25ClF3N3O5S2/c35-16-8-10-17(11-9-16)39-23(42)14-46-18-5-3-4-15(12-18)24-25-19-13-20(28(25)47-30-29(24)48-33(45)40-30)27-26(19)31(43)41(32(27)44)22-7-2-1-6-21(22)34(36,37)38/h1-12,19-20,24-28H,13-14H2,(H,39,42)(H,40,45)/t19-,20-,24+,25-,26+,27+,28-/m1/s1. The van der Waals surface area contributed by atoms with Crippen molar-refractivity contribution < 1.29 is 32.3 Å². The number of rotatable bonds is 6. The summed E-state index contributed by atoms with van der Waals surface area (Å²) in [5, 5.41) is 3.84. The Balaban J connectivity index is 1.10. The number of thiazole rings is 1. The Bertz CT molecular complexity index is 2030. The first-order chi connectivity index (χ1) is 23.0. The molecule has 2 N–H and O–H groups in total. The van der Waals surface area contributed by atoms with Crippen LogP contribution in [0.2, 0.25) is 5.02 Å². The molecule has 14 heteroatoms. The van der Waals surface area contributed by atoms with Gasteiger partial charge in [0.1, 0.15) is 5.75 Å². The summed E-state index contributed by atoms with van der Waals surface area (Å²) < 4.78 is 47.8. The first-order valence-corrected chi connectivity index (χ1v) is 17.3. The Morgan fingerprint density at radius 1 is 0.979 bits per heavy atom. The predicted molar refractivity (Wildman–Crippen MR) is 174 cm³/mol. The van der Waals surface area contributed by atoms with Crippen molar-refractivity contribution in [2.45, 2.75) is 28.8 Å². The van der Waals surface area contributed by atoms with E-state index in [1.807, 2.05) is 12.1 Å². The van der Waals surface area contributed by atoms with Crippen LogP contribution >= 0.6 is 34.7 Å². The summed E-state index contributed by atoms with van der Waals surface area (Å²) in [6.45, 7) is -0.262. The molecule has 0 radical (unpaired) electrons. The fourth-order valence-electron chi connectivity index (χ4n) is 8.21. The smallest absolute Gasteiger partial charge is 0.418 e. The molecule has 1 saturated heterocycles. The number of para-hydroxylation sites is 1. The van der Waals surface area contributed by atoms with Gasteiger partial charge >= 0.3 is 11.0 Å². The zero-order valence-electron chi connectivity index (χ0n) is 24.7. The zero-order chi connectivity index (χ0) is 33.5. The molecule has 2 aliphatic heterocycles. The molecule has 3 aromatic carbocycles. The molecule has 0 spiro atoms. The molecule has 4 aliphatic rings. The Kier molecular flexibility index (Phi) is 7.49. The van der Waals surface area contributed by atoms with Crippen molar-refractivity contribution in [1.82, 2.24) is 4.98 Å². The molecule has 3 heterocycles. The third kappa shape index (κ3) is 5.05. The number of amides is 3. The van der Waals surface area contributed by atoms with Crippen LogP contribution in [0.1, 0.15) is 28.3 Å². The number of carbonyl (C=O) groups is 3. The highest BCUT2D eigenvalue weighted by Gasteiger charge is 2.70. The van der Waals surface area contributed by atoms with Gasteiger partial charge in [-0.3, -0.25) is 19.2 Å². The first kappa shape index (κ1) is 31.2. The van der Waals surface area contributed by atoms with Crippen LogP contribution in [0.5, 0.6) is 5.75 Å². The molecule has 0 unspecified atom stereocenters. The Labute approximate surface area is 284 Å². The number of aromatic nitrogens is 1. The van der Waals surface area contributed by atoms with Crippen molar-refractivity contribution in [3.63, 3.8) is 0 Å². The van der Waals surface area contributed by atoms with Crippen molar-refractivity contribution in [2.24, 2.45) is 29.6 Å². The molecule has 246 valence electrons. The maximum absolute atomic E-state index is 14.0. The van der Waals surface area contributed by atoms with Crippen LogP contribution in [-0.4, -0.2) is 34.6 Å². The molecular formula is C34H25ClF3N3O5S2. The normalized spacial score (nSPS) is 27.1. The highest BCUT2D eigenvalue weighted by Crippen LogP contribution is 2.69. The van der Waals surface area contributed by atoms with Crippen molar-refractivity contribution >= 4 is 63.8 Å². The summed E-state index contributed by atoms with van der Waals surface area (Å²) in [7, 11) is 0. The number of anilines is 2. The van der Waals surface area contributed by atoms with Gasteiger partial charge in [0.2, 0.25) is 11.8 Å². The highest BCUT2D eigenvalue weighted by atomic mass is 35.5. The summed E-state index contributed by atoms with van der Waals surface area (Å²) >= 11 is 8.50. The molecule has 3 fully saturated rings. The molecule has 1 aromatic heterocycles. The third-order valence-corrected chi connectivity index (χ3v) is 12.7. The van der Waals surface area contributed by atoms with Gasteiger partial charge in [-0.05, 0) is 78.3 Å². The Hall–Kier alpha value is -4.07. The minimum absolute atomic E-state index is 0.150. The number of imide groups is 1. The average molecular weight is 712 g/mol. The van der Waals surface area contributed by atoms with Crippen LogP contribution in [-0.2, 0) is 20.6 Å². The Morgan fingerprint density at radius 2 is 1.71 bits per heavy atom. The molecule has 48 heavy (non-hydrogen) atoms. The van der Waals surface area contributed by atoms with E-state index < -0.39 is 41.1 Å². The van der Waals surface area contributed by atoms with E-state index in [4.69, 9.17) is 16.3 Å². The fraction of sp³-hybridized carbons (Fsp3) is 0.294. The number of aromatic amines is 1. The quantitative estimate of drug-likeness (QED) is 0.213. The average Bonchev–Trinajstić information content (AvgIpc) is 3.79. The fourth-order valence-corrected chi connectivity index (χ4v) is 11.2. The van der Waals surface area contributed by atoms with Crippen molar-refractivity contribution in [3.8, 4) is 5.75 Å². The molecular weight excluding hydrogens is 687 g/mol. The highest BCUT2D eigenvalue weighted by molar-refractivity contribution is 8.00. The van der Waals surface area contributed by atoms with E-state index in [9.17, 15) is 32.3 Å². The second kappa shape index (κ2) is 11.5. The molecule has 8 rings (SSSR count). The summed E-state index contributed by atoms with van der Waals surface area (Å²) in [5.41, 5.74) is -0.0774. The Morgan fingerprint density at radius 3 is 2.46 bits per heavy atom. The van der Waals surface area contributed by atoms with Gasteiger partial charge in [-0.15, -0.1) is 11.8 Å². The van der Waals surface area contributed by atoms with E-state index in [0.717, 1.165) is 32.7 Å². The number of fused-ring (bicyclic) bond motifs is 9. The number of alkyl halides is 3. The zero-order valence-corrected chi connectivity index (χ0v) is 27.1. The minimum Gasteiger partial charge on any atom is -0.484 e. The topological polar surface area (TPSA) is 109 Å². The number of hydrogen-bond acceptors (Lipinski definition) is 7. The SMILES string of the molecule is O=C(COc1cccc([C@@H]2c3sc(=O)[nH]c3S[C@@H]3[C@@H]4C[C@@H]([C@@H]5C(=O)N(c6ccccc6C(F)(F)F)C(=O)[C@@H]45)[C@H]23)c1)Nc1ccc(Cl)cc1. The summed E-state index contributed by atoms with van der Waals surface area (Å²) in [6.07, 6.45) is -4.16. The molecule has 8 nitrogen and oxygen atoms in total. The van der Waals surface area contributed by atoms with Crippen LogP contribution in [0.4, 0.5) is 24.5 Å². The van der Waals surface area contributed by atoms with Crippen LogP contribution < -0.4 is 19.8 Å². The minimum atomic E-state index is -4.74. The lowest BCUT2D eigenvalue weighted by Crippen LogP contribution is -2.42. The maximum atomic E-state index is 14.0. The van der Waals surface area contributed by atoms with E-state index in [-0.39, 0.29) is 46.3 Å². The van der Waals surface area contributed by atoms with E-state index >= 15 is 0 Å². The van der Waals surface area contributed by atoms with E-state index in [2.05, 4.69) is 10.3 Å². The van der Waals surface area contributed by atoms with E-state index in [0.29, 0.717) is 27.9 Å². The molecule has 7 atom stereocenters. The lowest BCUT2D eigenvalue weighted by atomic mass is 9.68. The second-order valence-electron chi connectivity index (χ2n) is 12.4. The third-order valence-electron chi connectivity index (χ3n) is 9.89.